The highest BCUT2D eigenvalue weighted by atomic mass is 16.5. The molecule has 1 rings (SSSR count). The zero-order valence-corrected chi connectivity index (χ0v) is 10.8. The van der Waals surface area contributed by atoms with Gasteiger partial charge in [0.15, 0.2) is 0 Å². The maximum Gasteiger partial charge on any atom is 0.0674 e. The van der Waals surface area contributed by atoms with Gasteiger partial charge in [0.2, 0.25) is 0 Å². The van der Waals surface area contributed by atoms with Gasteiger partial charge in [0.25, 0.3) is 0 Å². The predicted molar refractivity (Wildman–Crippen MR) is 65.6 cm³/mol. The van der Waals surface area contributed by atoms with Gasteiger partial charge in [-0.15, -0.1) is 0 Å². The Morgan fingerprint density at radius 3 is 2.88 bits per heavy atom. The molecule has 16 heavy (non-hydrogen) atoms. The topological polar surface area (TPSA) is 44.7 Å². The first kappa shape index (κ1) is 13.9. The highest BCUT2D eigenvalue weighted by molar-refractivity contribution is 4.80. The molecule has 3 atom stereocenters. The van der Waals surface area contributed by atoms with E-state index in [-0.39, 0.29) is 12.6 Å². The molecule has 1 fully saturated rings. The van der Waals surface area contributed by atoms with Crippen LogP contribution in [0.1, 0.15) is 27.2 Å². The molecule has 0 spiro atoms. The zero-order valence-electron chi connectivity index (χ0n) is 10.8. The molecule has 4 nitrogen and oxygen atoms in total. The average molecular weight is 230 g/mol. The number of hydrogen-bond acceptors (Lipinski definition) is 4. The minimum atomic E-state index is 0.188. The lowest BCUT2D eigenvalue weighted by Crippen LogP contribution is -2.53. The summed E-state index contributed by atoms with van der Waals surface area (Å²) in [7, 11) is 0. The quantitative estimate of drug-likeness (QED) is 0.696. The number of ether oxygens (including phenoxy) is 1. The lowest BCUT2D eigenvalue weighted by molar-refractivity contribution is -0.0536. The fourth-order valence-corrected chi connectivity index (χ4v) is 2.04. The number of nitrogens with one attached hydrogen (secondary N) is 1. The summed E-state index contributed by atoms with van der Waals surface area (Å²) in [6.45, 7) is 10.3. The van der Waals surface area contributed by atoms with Gasteiger partial charge >= 0.3 is 0 Å². The SMILES string of the molecule is CCCNC(CO)CN1CC(C)OCC1C. The Kier molecular flexibility index (Phi) is 6.28. The fraction of sp³-hybridized carbons (Fsp3) is 1.00. The summed E-state index contributed by atoms with van der Waals surface area (Å²) in [5.41, 5.74) is 0. The number of morpholine rings is 1. The van der Waals surface area contributed by atoms with E-state index in [1.54, 1.807) is 0 Å². The lowest BCUT2D eigenvalue weighted by Gasteiger charge is -2.38. The first-order valence-electron chi connectivity index (χ1n) is 6.37. The summed E-state index contributed by atoms with van der Waals surface area (Å²) >= 11 is 0. The van der Waals surface area contributed by atoms with Gasteiger partial charge in [0, 0.05) is 25.2 Å². The van der Waals surface area contributed by atoms with E-state index in [1.807, 2.05) is 0 Å². The van der Waals surface area contributed by atoms with Crippen molar-refractivity contribution in [3.8, 4) is 0 Å². The van der Waals surface area contributed by atoms with Crippen molar-refractivity contribution >= 4 is 0 Å². The Labute approximate surface area is 99.0 Å². The first-order chi connectivity index (χ1) is 7.67. The van der Waals surface area contributed by atoms with Gasteiger partial charge in [-0.3, -0.25) is 4.90 Å². The molecule has 1 aliphatic rings. The Balaban J connectivity index is 2.36. The van der Waals surface area contributed by atoms with Gasteiger partial charge in [-0.2, -0.15) is 0 Å². The third-order valence-corrected chi connectivity index (χ3v) is 3.10. The number of rotatable bonds is 6. The van der Waals surface area contributed by atoms with E-state index in [0.717, 1.165) is 32.7 Å². The maximum atomic E-state index is 9.32. The van der Waals surface area contributed by atoms with Crippen LogP contribution in [0.15, 0.2) is 0 Å². The predicted octanol–water partition coefficient (Wildman–Crippen LogP) is 0.456. The second kappa shape index (κ2) is 7.22. The number of nitrogens with zero attached hydrogens (tertiary/aromatic N) is 1. The Bertz CT molecular complexity index is 190. The van der Waals surface area contributed by atoms with Crippen molar-refractivity contribution in [3.05, 3.63) is 0 Å². The van der Waals surface area contributed by atoms with Crippen molar-refractivity contribution in [1.82, 2.24) is 10.2 Å². The van der Waals surface area contributed by atoms with E-state index < -0.39 is 0 Å². The first-order valence-corrected chi connectivity index (χ1v) is 6.37. The second-order valence-corrected chi connectivity index (χ2v) is 4.78. The van der Waals surface area contributed by atoms with Crippen molar-refractivity contribution in [2.45, 2.75) is 45.4 Å². The molecule has 3 unspecified atom stereocenters. The smallest absolute Gasteiger partial charge is 0.0674 e. The minimum Gasteiger partial charge on any atom is -0.395 e. The highest BCUT2D eigenvalue weighted by Gasteiger charge is 2.25. The van der Waals surface area contributed by atoms with Gasteiger partial charge in [-0.05, 0) is 26.8 Å². The number of hydrogen-bond donors (Lipinski definition) is 2. The monoisotopic (exact) mass is 230 g/mol. The lowest BCUT2D eigenvalue weighted by atomic mass is 10.1. The van der Waals surface area contributed by atoms with Crippen LogP contribution in [0.5, 0.6) is 0 Å². The van der Waals surface area contributed by atoms with Crippen molar-refractivity contribution in [1.29, 1.82) is 0 Å². The molecule has 1 aliphatic heterocycles. The Morgan fingerprint density at radius 1 is 1.50 bits per heavy atom. The fourth-order valence-electron chi connectivity index (χ4n) is 2.04. The molecule has 4 heteroatoms. The van der Waals surface area contributed by atoms with Crippen molar-refractivity contribution in [3.63, 3.8) is 0 Å². The van der Waals surface area contributed by atoms with Crippen LogP contribution in [0.3, 0.4) is 0 Å². The van der Waals surface area contributed by atoms with E-state index in [4.69, 9.17) is 4.74 Å². The minimum absolute atomic E-state index is 0.188. The van der Waals surface area contributed by atoms with Crippen LogP contribution in [-0.4, -0.2) is 61.0 Å². The van der Waals surface area contributed by atoms with E-state index >= 15 is 0 Å². The highest BCUT2D eigenvalue weighted by Crippen LogP contribution is 2.11. The summed E-state index contributed by atoms with van der Waals surface area (Å²) in [6, 6.07) is 0.640. The molecule has 0 saturated carbocycles. The van der Waals surface area contributed by atoms with Gasteiger partial charge in [0.05, 0.1) is 19.3 Å². The summed E-state index contributed by atoms with van der Waals surface area (Å²) in [4.78, 5) is 2.40. The van der Waals surface area contributed by atoms with Crippen molar-refractivity contribution in [2.75, 3.05) is 32.8 Å². The van der Waals surface area contributed by atoms with Crippen molar-refractivity contribution in [2.24, 2.45) is 0 Å². The molecule has 1 heterocycles. The molecule has 0 radical (unpaired) electrons. The van der Waals surface area contributed by atoms with Crippen LogP contribution in [0.4, 0.5) is 0 Å². The van der Waals surface area contributed by atoms with Gasteiger partial charge < -0.3 is 15.2 Å². The van der Waals surface area contributed by atoms with E-state index in [1.165, 1.54) is 0 Å². The molecule has 0 amide bonds. The van der Waals surface area contributed by atoms with Crippen LogP contribution in [0.25, 0.3) is 0 Å². The molecule has 96 valence electrons. The molecule has 2 N–H and O–H groups in total. The molecule has 0 aromatic carbocycles. The van der Waals surface area contributed by atoms with Gasteiger partial charge in [-0.25, -0.2) is 0 Å². The van der Waals surface area contributed by atoms with Crippen LogP contribution < -0.4 is 5.32 Å². The van der Waals surface area contributed by atoms with Gasteiger partial charge in [-0.1, -0.05) is 6.92 Å². The van der Waals surface area contributed by atoms with Crippen LogP contribution in [0, 0.1) is 0 Å². The molecular formula is C12H26N2O2. The van der Waals surface area contributed by atoms with E-state index in [0.29, 0.717) is 12.1 Å². The Hall–Kier alpha value is -0.160. The van der Waals surface area contributed by atoms with Crippen molar-refractivity contribution < 1.29 is 9.84 Å². The van der Waals surface area contributed by atoms with Crippen LogP contribution >= 0.6 is 0 Å². The van der Waals surface area contributed by atoms with E-state index in [2.05, 4.69) is 31.0 Å². The molecule has 0 aromatic rings. The Morgan fingerprint density at radius 2 is 2.25 bits per heavy atom. The second-order valence-electron chi connectivity index (χ2n) is 4.78. The standard InChI is InChI=1S/C12H26N2O2/c1-4-5-13-12(8-15)7-14-6-11(3)16-9-10(14)2/h10-13,15H,4-9H2,1-3H3. The van der Waals surface area contributed by atoms with Crippen LogP contribution in [-0.2, 0) is 4.74 Å². The number of aliphatic hydroxyl groups is 1. The normalized spacial score (nSPS) is 29.2. The summed E-state index contributed by atoms with van der Waals surface area (Å²) in [6.07, 6.45) is 1.41. The third-order valence-electron chi connectivity index (χ3n) is 3.10. The average Bonchev–Trinajstić information content (AvgIpc) is 2.28. The maximum absolute atomic E-state index is 9.32. The largest absolute Gasteiger partial charge is 0.395 e. The summed E-state index contributed by atoms with van der Waals surface area (Å²) in [5, 5.41) is 12.7. The third kappa shape index (κ3) is 4.37. The van der Waals surface area contributed by atoms with Crippen LogP contribution in [0.2, 0.25) is 0 Å². The van der Waals surface area contributed by atoms with Gasteiger partial charge in [0.1, 0.15) is 0 Å². The molecular weight excluding hydrogens is 204 g/mol. The molecule has 0 aliphatic carbocycles. The summed E-state index contributed by atoms with van der Waals surface area (Å²) < 4.78 is 5.59. The molecule has 0 bridgehead atoms. The number of aliphatic hydroxyl groups excluding tert-OH is 1. The zero-order chi connectivity index (χ0) is 12.0. The molecule has 1 saturated heterocycles. The summed E-state index contributed by atoms with van der Waals surface area (Å²) in [5.74, 6) is 0. The molecule has 0 aromatic heterocycles. The van der Waals surface area contributed by atoms with E-state index in [9.17, 15) is 5.11 Å².